The van der Waals surface area contributed by atoms with Gasteiger partial charge in [0.1, 0.15) is 12.4 Å². The van der Waals surface area contributed by atoms with Crippen molar-refractivity contribution in [3.63, 3.8) is 0 Å². The van der Waals surface area contributed by atoms with Crippen LogP contribution in [0.4, 0.5) is 0 Å². The molecule has 0 spiro atoms. The molecule has 0 radical (unpaired) electrons. The number of aromatic nitrogens is 1. The normalized spacial score (nSPS) is 20.0. The predicted molar refractivity (Wildman–Crippen MR) is 118 cm³/mol. The van der Waals surface area contributed by atoms with Gasteiger partial charge in [-0.25, -0.2) is 0 Å². The number of hydrogen-bond acceptors (Lipinski definition) is 4. The zero-order chi connectivity index (χ0) is 20.9. The Bertz CT molecular complexity index is 1130. The van der Waals surface area contributed by atoms with E-state index in [4.69, 9.17) is 10.5 Å². The summed E-state index contributed by atoms with van der Waals surface area (Å²) in [5.74, 6) is 0.329. The van der Waals surface area contributed by atoms with Crippen molar-refractivity contribution in [1.29, 1.82) is 0 Å². The molecule has 2 fully saturated rings. The average Bonchev–Trinajstić information content (AvgIpc) is 3.54. The van der Waals surface area contributed by atoms with Gasteiger partial charge >= 0.3 is 0 Å². The zero-order valence-electron chi connectivity index (χ0n) is 17.5. The molecule has 1 atom stereocenters. The van der Waals surface area contributed by atoms with Crippen LogP contribution in [0.25, 0.3) is 10.8 Å². The van der Waals surface area contributed by atoms with E-state index in [2.05, 4.69) is 47.3 Å². The Morgan fingerprint density at radius 3 is 2.77 bits per heavy atom. The molecule has 5 rings (SSSR count). The van der Waals surface area contributed by atoms with Crippen LogP contribution in [0.15, 0.2) is 48.8 Å². The first-order chi connectivity index (χ1) is 14.5. The molecule has 2 N–H and O–H groups in total. The van der Waals surface area contributed by atoms with Gasteiger partial charge in [0.2, 0.25) is 5.91 Å². The van der Waals surface area contributed by atoms with Crippen LogP contribution in [-0.4, -0.2) is 42.0 Å². The van der Waals surface area contributed by atoms with Crippen molar-refractivity contribution in [2.45, 2.75) is 37.6 Å². The smallest absolute Gasteiger partial charge is 0.249 e. The SMILES string of the molecule is Cc1c(C(N)=O)cc(OCC2CCN2C)cc1C1(c2cccc3cnccc23)CC1. The molecule has 30 heavy (non-hydrogen) atoms. The molecule has 2 aliphatic rings. The Hall–Kier alpha value is -2.92. The second kappa shape index (κ2) is 7.10. The molecule has 1 aromatic heterocycles. The molecule has 5 nitrogen and oxygen atoms in total. The molecule has 0 bridgehead atoms. The Labute approximate surface area is 176 Å². The lowest BCUT2D eigenvalue weighted by Crippen LogP contribution is -2.48. The molecule has 1 aliphatic heterocycles. The van der Waals surface area contributed by atoms with Crippen LogP contribution in [0, 0.1) is 6.92 Å². The lowest BCUT2D eigenvalue weighted by Gasteiger charge is -2.37. The minimum absolute atomic E-state index is 0.109. The third-order valence-corrected chi connectivity index (χ3v) is 6.99. The molecule has 1 saturated heterocycles. The number of likely N-dealkylation sites (tertiary alicyclic amines) is 1. The predicted octanol–water partition coefficient (Wildman–Crippen LogP) is 3.80. The number of ether oxygens (including phenoxy) is 1. The van der Waals surface area contributed by atoms with Crippen molar-refractivity contribution in [3.05, 3.63) is 71.0 Å². The Morgan fingerprint density at radius 2 is 2.10 bits per heavy atom. The standard InChI is InChI=1S/C25H27N3O2/c1-16-21(24(26)29)12-19(30-15-18-7-11-28(18)2)13-23(16)25(8-9-25)22-5-3-4-17-14-27-10-6-20(17)22/h3-6,10,12-14,18H,7-9,11,15H2,1-2H3,(H2,26,29). The monoisotopic (exact) mass is 401 g/mol. The number of pyridine rings is 1. The fourth-order valence-corrected chi connectivity index (χ4v) is 4.85. The summed E-state index contributed by atoms with van der Waals surface area (Å²) in [6, 6.07) is 12.9. The van der Waals surface area contributed by atoms with Crippen molar-refractivity contribution >= 4 is 16.7 Å². The summed E-state index contributed by atoms with van der Waals surface area (Å²) in [5, 5.41) is 2.35. The minimum atomic E-state index is -0.405. The van der Waals surface area contributed by atoms with E-state index in [0.717, 1.165) is 48.1 Å². The third-order valence-electron chi connectivity index (χ3n) is 6.99. The lowest BCUT2D eigenvalue weighted by atomic mass is 9.81. The van der Waals surface area contributed by atoms with Gasteiger partial charge in [0.25, 0.3) is 0 Å². The highest BCUT2D eigenvalue weighted by Gasteiger charge is 2.48. The van der Waals surface area contributed by atoms with Crippen LogP contribution < -0.4 is 10.5 Å². The van der Waals surface area contributed by atoms with E-state index in [1.54, 1.807) is 0 Å². The van der Waals surface area contributed by atoms with Gasteiger partial charge in [-0.3, -0.25) is 14.7 Å². The minimum Gasteiger partial charge on any atom is -0.492 e. The molecular weight excluding hydrogens is 374 g/mol. The first-order valence-electron chi connectivity index (χ1n) is 10.6. The van der Waals surface area contributed by atoms with Crippen molar-refractivity contribution in [1.82, 2.24) is 9.88 Å². The van der Waals surface area contributed by atoms with E-state index < -0.39 is 5.91 Å². The maximum absolute atomic E-state index is 12.2. The maximum Gasteiger partial charge on any atom is 0.249 e. The van der Waals surface area contributed by atoms with Crippen LogP contribution in [0.3, 0.4) is 0 Å². The van der Waals surface area contributed by atoms with Gasteiger partial charge in [-0.2, -0.15) is 0 Å². The number of amides is 1. The van der Waals surface area contributed by atoms with Gasteiger partial charge < -0.3 is 10.5 Å². The second-order valence-electron chi connectivity index (χ2n) is 8.73. The van der Waals surface area contributed by atoms with Gasteiger partial charge in [0.15, 0.2) is 0 Å². The topological polar surface area (TPSA) is 68.5 Å². The van der Waals surface area contributed by atoms with Gasteiger partial charge in [0.05, 0.1) is 0 Å². The van der Waals surface area contributed by atoms with Gasteiger partial charge in [-0.15, -0.1) is 0 Å². The fraction of sp³-hybridized carbons (Fsp3) is 0.360. The molecule has 1 amide bonds. The molecule has 3 aromatic rings. The van der Waals surface area contributed by atoms with Crippen LogP contribution >= 0.6 is 0 Å². The van der Waals surface area contributed by atoms with Crippen molar-refractivity contribution in [2.24, 2.45) is 5.73 Å². The molecule has 2 aromatic carbocycles. The number of carbonyl (C=O) groups is 1. The summed E-state index contributed by atoms with van der Waals surface area (Å²) in [5.41, 5.74) is 9.59. The highest BCUT2D eigenvalue weighted by molar-refractivity contribution is 5.95. The van der Waals surface area contributed by atoms with Crippen molar-refractivity contribution in [2.75, 3.05) is 20.2 Å². The highest BCUT2D eigenvalue weighted by atomic mass is 16.5. The Kier molecular flexibility index (Phi) is 4.51. The quantitative estimate of drug-likeness (QED) is 0.682. The molecular formula is C25H27N3O2. The lowest BCUT2D eigenvalue weighted by molar-refractivity contribution is 0.0767. The Balaban J connectivity index is 1.59. The molecule has 1 aliphatic carbocycles. The van der Waals surface area contributed by atoms with Gasteiger partial charge in [0, 0.05) is 34.8 Å². The second-order valence-corrected chi connectivity index (χ2v) is 8.73. The van der Waals surface area contributed by atoms with Crippen LogP contribution in [0.2, 0.25) is 0 Å². The largest absolute Gasteiger partial charge is 0.492 e. The number of nitrogens with two attached hydrogens (primary N) is 1. The molecule has 2 heterocycles. The van der Waals surface area contributed by atoms with E-state index in [1.807, 2.05) is 25.4 Å². The third kappa shape index (κ3) is 3.05. The maximum atomic E-state index is 12.2. The summed E-state index contributed by atoms with van der Waals surface area (Å²) in [6.07, 6.45) is 6.99. The molecule has 154 valence electrons. The van der Waals surface area contributed by atoms with E-state index in [1.165, 1.54) is 10.9 Å². The van der Waals surface area contributed by atoms with Gasteiger partial charge in [-0.1, -0.05) is 18.2 Å². The number of benzene rings is 2. The number of rotatable bonds is 6. The number of likely N-dealkylation sites (N-methyl/N-ethyl adjacent to an activating group) is 1. The average molecular weight is 402 g/mol. The Morgan fingerprint density at radius 1 is 1.27 bits per heavy atom. The highest BCUT2D eigenvalue weighted by Crippen LogP contribution is 2.56. The molecule has 1 saturated carbocycles. The first kappa shape index (κ1) is 19.1. The number of nitrogens with zero attached hydrogens (tertiary/aromatic N) is 2. The van der Waals surface area contributed by atoms with E-state index >= 15 is 0 Å². The van der Waals surface area contributed by atoms with E-state index in [0.29, 0.717) is 18.2 Å². The van der Waals surface area contributed by atoms with E-state index in [9.17, 15) is 4.79 Å². The van der Waals surface area contributed by atoms with E-state index in [-0.39, 0.29) is 5.41 Å². The van der Waals surface area contributed by atoms with Crippen molar-refractivity contribution < 1.29 is 9.53 Å². The summed E-state index contributed by atoms with van der Waals surface area (Å²) in [7, 11) is 2.11. The summed E-state index contributed by atoms with van der Waals surface area (Å²) < 4.78 is 6.15. The van der Waals surface area contributed by atoms with Crippen LogP contribution in [-0.2, 0) is 5.41 Å². The summed E-state index contributed by atoms with van der Waals surface area (Å²) in [6.45, 7) is 3.74. The zero-order valence-corrected chi connectivity index (χ0v) is 17.5. The number of hydrogen-bond donors (Lipinski definition) is 1. The van der Waals surface area contributed by atoms with Crippen LogP contribution in [0.5, 0.6) is 5.75 Å². The van der Waals surface area contributed by atoms with Gasteiger partial charge in [-0.05, 0) is 80.1 Å². The number of carbonyl (C=O) groups excluding carboxylic acids is 1. The summed E-state index contributed by atoms with van der Waals surface area (Å²) >= 11 is 0. The number of fused-ring (bicyclic) bond motifs is 1. The fourth-order valence-electron chi connectivity index (χ4n) is 4.85. The summed E-state index contributed by atoms with van der Waals surface area (Å²) in [4.78, 5) is 18.8. The van der Waals surface area contributed by atoms with Crippen molar-refractivity contribution in [3.8, 4) is 5.75 Å². The van der Waals surface area contributed by atoms with Crippen LogP contribution in [0.1, 0.15) is 46.3 Å². The first-order valence-corrected chi connectivity index (χ1v) is 10.6. The molecule has 5 heteroatoms. The molecule has 1 unspecified atom stereocenters. The number of primary amides is 1.